The molecule has 0 radical (unpaired) electrons. The maximum Gasteiger partial charge on any atom is 0.261 e. The first kappa shape index (κ1) is 23.1. The second kappa shape index (κ2) is 9.46. The Bertz CT molecular complexity index is 1150. The summed E-state index contributed by atoms with van der Waals surface area (Å²) in [4.78, 5) is 55.9. The van der Waals surface area contributed by atoms with E-state index in [1.807, 2.05) is 0 Å². The van der Waals surface area contributed by atoms with Crippen LogP contribution in [0.15, 0.2) is 18.2 Å². The number of nitrogens with zero attached hydrogens (tertiary/aromatic N) is 2. The number of hydrogen-bond acceptors (Lipinski definition) is 4. The molecule has 174 valence electrons. The van der Waals surface area contributed by atoms with Crippen LogP contribution >= 0.6 is 0 Å². The predicted molar refractivity (Wildman–Crippen MR) is 128 cm³/mol. The van der Waals surface area contributed by atoms with Crippen LogP contribution in [0, 0.1) is 6.92 Å². The molecule has 2 aliphatic heterocycles. The van der Waals surface area contributed by atoms with Gasteiger partial charge in [-0.3, -0.25) is 29.0 Å². The summed E-state index contributed by atoms with van der Waals surface area (Å²) in [5.74, 6) is -1.34. The van der Waals surface area contributed by atoms with Gasteiger partial charge in [0.2, 0.25) is 0 Å². The van der Waals surface area contributed by atoms with Gasteiger partial charge in [-0.25, -0.2) is 0 Å². The average molecular weight is 449 g/mol. The van der Waals surface area contributed by atoms with E-state index in [-0.39, 0.29) is 23.6 Å². The Morgan fingerprint density at radius 2 is 1.09 bits per heavy atom. The van der Waals surface area contributed by atoms with Crippen molar-refractivity contribution in [3.05, 3.63) is 46.0 Å². The molecule has 0 saturated heterocycles. The van der Waals surface area contributed by atoms with Gasteiger partial charge in [0.15, 0.2) is 0 Å². The maximum atomic E-state index is 13.4. The molecule has 0 saturated carbocycles. The number of aryl methyl sites for hydroxylation is 1. The van der Waals surface area contributed by atoms with Gasteiger partial charge in [-0.05, 0) is 43.5 Å². The van der Waals surface area contributed by atoms with Crippen LogP contribution in [0.1, 0.15) is 112 Å². The minimum atomic E-state index is -0.341. The second-order valence-electron chi connectivity index (χ2n) is 9.17. The van der Waals surface area contributed by atoms with Crippen LogP contribution in [0.4, 0.5) is 0 Å². The molecule has 6 nitrogen and oxygen atoms in total. The molecule has 0 aromatic heterocycles. The molecule has 0 aliphatic carbocycles. The van der Waals surface area contributed by atoms with E-state index in [0.29, 0.717) is 51.7 Å². The molecule has 0 unspecified atom stereocenters. The third kappa shape index (κ3) is 3.85. The average Bonchev–Trinajstić information content (AvgIpc) is 2.80. The van der Waals surface area contributed by atoms with Crippen molar-refractivity contribution in [2.45, 2.75) is 72.1 Å². The summed E-state index contributed by atoms with van der Waals surface area (Å²) in [6.45, 7) is 6.80. The third-order valence-corrected chi connectivity index (χ3v) is 6.84. The number of benzene rings is 2. The first-order valence-corrected chi connectivity index (χ1v) is 12.2. The molecule has 2 aromatic rings. The van der Waals surface area contributed by atoms with E-state index in [4.69, 9.17) is 0 Å². The Kier molecular flexibility index (Phi) is 6.63. The van der Waals surface area contributed by atoms with Crippen molar-refractivity contribution in [3.63, 3.8) is 0 Å². The van der Waals surface area contributed by atoms with Gasteiger partial charge < -0.3 is 0 Å². The van der Waals surface area contributed by atoms with Gasteiger partial charge in [-0.2, -0.15) is 0 Å². The summed E-state index contributed by atoms with van der Waals surface area (Å²) in [7, 11) is 0. The van der Waals surface area contributed by atoms with Gasteiger partial charge in [0.25, 0.3) is 23.6 Å². The smallest absolute Gasteiger partial charge is 0.261 e. The monoisotopic (exact) mass is 448 g/mol. The van der Waals surface area contributed by atoms with E-state index >= 15 is 0 Å². The molecule has 0 bridgehead atoms. The predicted octanol–water partition coefficient (Wildman–Crippen LogP) is 5.50. The topological polar surface area (TPSA) is 74.8 Å². The fourth-order valence-corrected chi connectivity index (χ4v) is 5.06. The van der Waals surface area contributed by atoms with E-state index in [1.165, 1.54) is 9.80 Å². The highest BCUT2D eigenvalue weighted by Gasteiger charge is 2.40. The molecular weight excluding hydrogens is 416 g/mol. The van der Waals surface area contributed by atoms with E-state index < -0.39 is 0 Å². The van der Waals surface area contributed by atoms with Crippen molar-refractivity contribution < 1.29 is 19.2 Å². The van der Waals surface area contributed by atoms with Crippen LogP contribution in [0.5, 0.6) is 0 Å². The van der Waals surface area contributed by atoms with Crippen molar-refractivity contribution in [1.82, 2.24) is 9.80 Å². The molecule has 2 heterocycles. The first-order chi connectivity index (χ1) is 15.9. The Balaban J connectivity index is 1.76. The zero-order chi connectivity index (χ0) is 23.7. The first-order valence-electron chi connectivity index (χ1n) is 12.2. The summed E-state index contributed by atoms with van der Waals surface area (Å²) in [5.41, 5.74) is 2.33. The fourth-order valence-electron chi connectivity index (χ4n) is 5.06. The lowest BCUT2D eigenvalue weighted by Crippen LogP contribution is -2.44. The zero-order valence-corrected chi connectivity index (χ0v) is 19.8. The standard InChI is InChI=1S/C27H32N2O4/c1-4-6-8-10-14-28-24(30)18-12-13-19-23-21(17(3)16-20(22(18)23)26(28)32)27(33)29(25(19)31)15-11-9-7-5-2/h12-13,16H,4-11,14-15H2,1-3H3. The van der Waals surface area contributed by atoms with Gasteiger partial charge in [-0.1, -0.05) is 52.4 Å². The molecule has 33 heavy (non-hydrogen) atoms. The minimum absolute atomic E-state index is 0.327. The van der Waals surface area contributed by atoms with Crippen LogP contribution < -0.4 is 0 Å². The zero-order valence-electron chi connectivity index (χ0n) is 19.8. The summed E-state index contributed by atoms with van der Waals surface area (Å²) in [6, 6.07) is 5.03. The van der Waals surface area contributed by atoms with E-state index in [0.717, 1.165) is 51.4 Å². The summed E-state index contributed by atoms with van der Waals surface area (Å²) in [5, 5.41) is 0.926. The lowest BCUT2D eigenvalue weighted by Gasteiger charge is -2.33. The number of carbonyl (C=O) groups is 4. The van der Waals surface area contributed by atoms with Crippen molar-refractivity contribution in [2.24, 2.45) is 0 Å². The van der Waals surface area contributed by atoms with Crippen molar-refractivity contribution in [3.8, 4) is 0 Å². The Labute approximate surface area is 194 Å². The molecule has 0 fully saturated rings. The van der Waals surface area contributed by atoms with Gasteiger partial charge in [0, 0.05) is 40.6 Å². The van der Waals surface area contributed by atoms with Crippen molar-refractivity contribution in [1.29, 1.82) is 0 Å². The maximum absolute atomic E-state index is 13.4. The SMILES string of the molecule is CCCCCCN1C(=O)c2ccc3c4c(c(C)cc(c24)C1=O)C(=O)N(CCCCCC)C3=O. The third-order valence-electron chi connectivity index (χ3n) is 6.84. The van der Waals surface area contributed by atoms with Crippen LogP contribution in [0.3, 0.4) is 0 Å². The van der Waals surface area contributed by atoms with E-state index in [9.17, 15) is 19.2 Å². The molecule has 0 N–H and O–H groups in total. The molecule has 4 amide bonds. The lowest BCUT2D eigenvalue weighted by atomic mass is 9.83. The van der Waals surface area contributed by atoms with Crippen molar-refractivity contribution >= 4 is 34.4 Å². The molecule has 0 atom stereocenters. The largest absolute Gasteiger partial charge is 0.274 e. The number of carbonyl (C=O) groups excluding carboxylic acids is 4. The molecule has 6 heteroatoms. The molecular formula is C27H32N2O4. The van der Waals surface area contributed by atoms with Crippen LogP contribution in [0.25, 0.3) is 10.8 Å². The van der Waals surface area contributed by atoms with E-state index in [2.05, 4.69) is 13.8 Å². The summed E-state index contributed by atoms with van der Waals surface area (Å²) >= 11 is 0. The Morgan fingerprint density at radius 1 is 0.606 bits per heavy atom. The van der Waals surface area contributed by atoms with Crippen molar-refractivity contribution in [2.75, 3.05) is 13.1 Å². The lowest BCUT2D eigenvalue weighted by molar-refractivity contribution is 0.0585. The summed E-state index contributed by atoms with van der Waals surface area (Å²) in [6.07, 6.45) is 7.74. The number of amides is 4. The molecule has 0 spiro atoms. The van der Waals surface area contributed by atoms with Gasteiger partial charge in [0.05, 0.1) is 5.56 Å². The number of unbranched alkanes of at least 4 members (excludes halogenated alkanes) is 6. The highest BCUT2D eigenvalue weighted by Crippen LogP contribution is 2.39. The van der Waals surface area contributed by atoms with Gasteiger partial charge in [-0.15, -0.1) is 0 Å². The minimum Gasteiger partial charge on any atom is -0.274 e. The fraction of sp³-hybridized carbons (Fsp3) is 0.481. The van der Waals surface area contributed by atoms with Gasteiger partial charge >= 0.3 is 0 Å². The van der Waals surface area contributed by atoms with E-state index in [1.54, 1.807) is 25.1 Å². The Hall–Kier alpha value is -3.02. The quantitative estimate of drug-likeness (QED) is 0.355. The summed E-state index contributed by atoms with van der Waals surface area (Å²) < 4.78 is 0. The normalized spacial score (nSPS) is 15.2. The van der Waals surface area contributed by atoms with Crippen LogP contribution in [-0.2, 0) is 0 Å². The Morgan fingerprint density at radius 3 is 1.64 bits per heavy atom. The molecule has 2 aromatic carbocycles. The number of imide groups is 2. The van der Waals surface area contributed by atoms with Crippen LogP contribution in [-0.4, -0.2) is 46.5 Å². The highest BCUT2D eigenvalue weighted by molar-refractivity contribution is 6.33. The number of rotatable bonds is 10. The molecule has 2 aliphatic rings. The highest BCUT2D eigenvalue weighted by atomic mass is 16.2. The van der Waals surface area contributed by atoms with Crippen LogP contribution in [0.2, 0.25) is 0 Å². The van der Waals surface area contributed by atoms with Gasteiger partial charge in [0.1, 0.15) is 0 Å². The number of hydrogen-bond donors (Lipinski definition) is 0. The second-order valence-corrected chi connectivity index (χ2v) is 9.17. The molecule has 4 rings (SSSR count).